The van der Waals surface area contributed by atoms with E-state index in [0.29, 0.717) is 5.69 Å². The Morgan fingerprint density at radius 2 is 2.00 bits per heavy atom. The zero-order valence-electron chi connectivity index (χ0n) is 16.0. The third kappa shape index (κ3) is 4.57. The Morgan fingerprint density at radius 3 is 2.59 bits per heavy atom. The van der Waals surface area contributed by atoms with E-state index in [1.807, 2.05) is 58.3 Å². The minimum atomic E-state index is -0.345. The molecule has 0 aromatic carbocycles. The van der Waals surface area contributed by atoms with Gasteiger partial charge in [0.25, 0.3) is 5.91 Å². The highest BCUT2D eigenvalue weighted by Crippen LogP contribution is 2.23. The van der Waals surface area contributed by atoms with E-state index in [2.05, 4.69) is 25.7 Å². The van der Waals surface area contributed by atoms with Crippen LogP contribution in [0.15, 0.2) is 48.9 Å². The van der Waals surface area contributed by atoms with Gasteiger partial charge in [-0.2, -0.15) is 5.10 Å². The van der Waals surface area contributed by atoms with Gasteiger partial charge in [0.1, 0.15) is 0 Å². The van der Waals surface area contributed by atoms with E-state index in [-0.39, 0.29) is 11.4 Å². The molecule has 3 aromatic rings. The monoisotopic (exact) mass is 364 g/mol. The lowest BCUT2D eigenvalue weighted by atomic mass is 10.1. The summed E-state index contributed by atoms with van der Waals surface area (Å²) in [6.07, 6.45) is 5.23. The summed E-state index contributed by atoms with van der Waals surface area (Å²) < 4.78 is 1.70. The van der Waals surface area contributed by atoms with Crippen LogP contribution < -0.4 is 10.6 Å². The lowest BCUT2D eigenvalue weighted by Crippen LogP contribution is -2.40. The summed E-state index contributed by atoms with van der Waals surface area (Å²) in [7, 11) is 1.89. The van der Waals surface area contributed by atoms with Crippen LogP contribution in [0.1, 0.15) is 36.8 Å². The number of rotatable bonds is 5. The fourth-order valence-corrected chi connectivity index (χ4v) is 2.64. The van der Waals surface area contributed by atoms with Crippen LogP contribution in [0.2, 0.25) is 0 Å². The molecule has 0 saturated carbocycles. The van der Waals surface area contributed by atoms with E-state index in [9.17, 15) is 4.79 Å². The van der Waals surface area contributed by atoms with Crippen LogP contribution in [0.25, 0.3) is 17.1 Å². The molecule has 3 aromatic heterocycles. The zero-order chi connectivity index (χ0) is 19.4. The van der Waals surface area contributed by atoms with E-state index < -0.39 is 0 Å². The first-order valence-corrected chi connectivity index (χ1v) is 8.80. The van der Waals surface area contributed by atoms with Crippen molar-refractivity contribution in [2.45, 2.75) is 32.9 Å². The average Bonchev–Trinajstić information content (AvgIpc) is 3.08. The highest BCUT2D eigenvalue weighted by molar-refractivity contribution is 5.94. The van der Waals surface area contributed by atoms with Gasteiger partial charge in [-0.3, -0.25) is 14.8 Å². The van der Waals surface area contributed by atoms with Crippen molar-refractivity contribution in [3.05, 3.63) is 60.2 Å². The molecule has 140 valence electrons. The Bertz CT molecular complexity index is 910. The van der Waals surface area contributed by atoms with Gasteiger partial charge < -0.3 is 10.6 Å². The van der Waals surface area contributed by atoms with Gasteiger partial charge >= 0.3 is 0 Å². The first kappa shape index (κ1) is 18.7. The van der Waals surface area contributed by atoms with Crippen LogP contribution in [0, 0.1) is 0 Å². The van der Waals surface area contributed by atoms with Gasteiger partial charge in [-0.1, -0.05) is 6.07 Å². The summed E-state index contributed by atoms with van der Waals surface area (Å²) in [5.74, 6) is -0.224. The van der Waals surface area contributed by atoms with E-state index >= 15 is 0 Å². The molecule has 0 aliphatic rings. The number of hydrogen-bond acceptors (Lipinski definition) is 5. The molecular weight excluding hydrogens is 340 g/mol. The van der Waals surface area contributed by atoms with E-state index in [1.165, 1.54) is 0 Å². The Labute approximate surface area is 158 Å². The minimum Gasteiger partial charge on any atom is -0.346 e. The SMILES string of the molecule is CNCc1ccc(-c2cc(C(=O)NC(C)(C)C)nn2-c2cccnc2)nc1. The molecule has 0 fully saturated rings. The lowest BCUT2D eigenvalue weighted by Gasteiger charge is -2.19. The van der Waals surface area contributed by atoms with Crippen LogP contribution in [0.4, 0.5) is 0 Å². The van der Waals surface area contributed by atoms with Crippen molar-refractivity contribution in [1.29, 1.82) is 0 Å². The number of amides is 1. The highest BCUT2D eigenvalue weighted by atomic mass is 16.2. The van der Waals surface area contributed by atoms with Crippen molar-refractivity contribution < 1.29 is 4.79 Å². The lowest BCUT2D eigenvalue weighted by molar-refractivity contribution is 0.0914. The maximum atomic E-state index is 12.6. The number of nitrogens with one attached hydrogen (secondary N) is 2. The standard InChI is InChI=1S/C20H24N6O/c1-20(2,3)24-19(27)17-10-18(16-8-7-14(11-21-4)12-23-16)26(25-17)15-6-5-9-22-13-15/h5-10,12-13,21H,11H2,1-4H3,(H,24,27). The normalized spacial score (nSPS) is 11.4. The van der Waals surface area contributed by atoms with Crippen molar-refractivity contribution in [2.24, 2.45) is 0 Å². The van der Waals surface area contributed by atoms with Crippen LogP contribution in [0.5, 0.6) is 0 Å². The number of aromatic nitrogens is 4. The predicted molar refractivity (Wildman–Crippen MR) is 105 cm³/mol. The smallest absolute Gasteiger partial charge is 0.272 e. The summed E-state index contributed by atoms with van der Waals surface area (Å²) in [5.41, 5.74) is 3.31. The predicted octanol–water partition coefficient (Wildman–Crippen LogP) is 2.58. The summed E-state index contributed by atoms with van der Waals surface area (Å²) in [6, 6.07) is 9.42. The summed E-state index contributed by atoms with van der Waals surface area (Å²) >= 11 is 0. The molecule has 2 N–H and O–H groups in total. The van der Waals surface area contributed by atoms with Gasteiger partial charge in [0.05, 0.1) is 23.3 Å². The molecule has 3 heterocycles. The third-order valence-electron chi connectivity index (χ3n) is 3.79. The Balaban J connectivity index is 2.04. The highest BCUT2D eigenvalue weighted by Gasteiger charge is 2.21. The molecule has 0 aliphatic carbocycles. The van der Waals surface area contributed by atoms with Crippen molar-refractivity contribution in [2.75, 3.05) is 7.05 Å². The number of hydrogen-bond donors (Lipinski definition) is 2. The van der Waals surface area contributed by atoms with Gasteiger partial charge in [-0.15, -0.1) is 0 Å². The minimum absolute atomic E-state index is 0.224. The van der Waals surface area contributed by atoms with Crippen LogP contribution in [-0.4, -0.2) is 38.2 Å². The summed E-state index contributed by atoms with van der Waals surface area (Å²) in [4.78, 5) is 21.3. The zero-order valence-corrected chi connectivity index (χ0v) is 16.0. The average molecular weight is 364 g/mol. The molecule has 0 spiro atoms. The molecular formula is C20H24N6O. The molecule has 3 rings (SSSR count). The Kier molecular flexibility index (Phi) is 5.32. The number of carbonyl (C=O) groups is 1. The van der Waals surface area contributed by atoms with Gasteiger partial charge in [-0.25, -0.2) is 4.68 Å². The number of carbonyl (C=O) groups excluding carboxylic acids is 1. The summed E-state index contributed by atoms with van der Waals surface area (Å²) in [5, 5.41) is 10.6. The van der Waals surface area contributed by atoms with Crippen molar-refractivity contribution in [3.8, 4) is 17.1 Å². The number of nitrogens with zero attached hydrogens (tertiary/aromatic N) is 4. The van der Waals surface area contributed by atoms with E-state index in [0.717, 1.165) is 29.2 Å². The molecule has 0 bridgehead atoms. The van der Waals surface area contributed by atoms with Gasteiger partial charge in [0, 0.05) is 24.5 Å². The van der Waals surface area contributed by atoms with Crippen molar-refractivity contribution >= 4 is 5.91 Å². The maximum Gasteiger partial charge on any atom is 0.272 e. The molecule has 1 amide bonds. The van der Waals surface area contributed by atoms with Gasteiger partial charge in [0.2, 0.25) is 0 Å². The van der Waals surface area contributed by atoms with Crippen LogP contribution in [-0.2, 0) is 6.54 Å². The van der Waals surface area contributed by atoms with Crippen molar-refractivity contribution in [3.63, 3.8) is 0 Å². The molecule has 7 nitrogen and oxygen atoms in total. The maximum absolute atomic E-state index is 12.6. The molecule has 0 unspecified atom stereocenters. The Morgan fingerprint density at radius 1 is 1.19 bits per heavy atom. The fourth-order valence-electron chi connectivity index (χ4n) is 2.64. The first-order valence-electron chi connectivity index (χ1n) is 8.80. The molecule has 0 saturated heterocycles. The summed E-state index contributed by atoms with van der Waals surface area (Å²) in [6.45, 7) is 6.55. The molecule has 27 heavy (non-hydrogen) atoms. The van der Waals surface area contributed by atoms with Gasteiger partial charge in [0.15, 0.2) is 5.69 Å². The second-order valence-electron chi connectivity index (χ2n) is 7.32. The quantitative estimate of drug-likeness (QED) is 0.727. The van der Waals surface area contributed by atoms with Crippen molar-refractivity contribution in [1.82, 2.24) is 30.4 Å². The van der Waals surface area contributed by atoms with Crippen LogP contribution in [0.3, 0.4) is 0 Å². The molecule has 7 heteroatoms. The number of pyridine rings is 2. The third-order valence-corrected chi connectivity index (χ3v) is 3.79. The first-order chi connectivity index (χ1) is 12.9. The Hall–Kier alpha value is -3.06. The fraction of sp³-hybridized carbons (Fsp3) is 0.300. The van der Waals surface area contributed by atoms with Crippen LogP contribution >= 0.6 is 0 Å². The second-order valence-corrected chi connectivity index (χ2v) is 7.32. The topological polar surface area (TPSA) is 84.7 Å². The molecule has 0 radical (unpaired) electrons. The second kappa shape index (κ2) is 7.67. The largest absolute Gasteiger partial charge is 0.346 e. The van der Waals surface area contributed by atoms with Gasteiger partial charge in [-0.05, 0) is 57.6 Å². The van der Waals surface area contributed by atoms with E-state index in [1.54, 1.807) is 23.1 Å². The molecule has 0 atom stereocenters. The molecule has 0 aliphatic heterocycles. The van der Waals surface area contributed by atoms with E-state index in [4.69, 9.17) is 0 Å².